The SMILES string of the molecule is CN(Cc1ccncc1)C(=O)NCCC1CCCCC1. The van der Waals surface area contributed by atoms with Gasteiger partial charge in [-0.1, -0.05) is 32.1 Å². The van der Waals surface area contributed by atoms with E-state index in [0.717, 1.165) is 24.4 Å². The van der Waals surface area contributed by atoms with E-state index in [1.165, 1.54) is 32.1 Å². The van der Waals surface area contributed by atoms with Gasteiger partial charge >= 0.3 is 6.03 Å². The molecule has 4 nitrogen and oxygen atoms in total. The summed E-state index contributed by atoms with van der Waals surface area (Å²) in [6.45, 7) is 1.42. The summed E-state index contributed by atoms with van der Waals surface area (Å²) < 4.78 is 0. The van der Waals surface area contributed by atoms with Crippen LogP contribution in [0.2, 0.25) is 0 Å². The first-order valence-corrected chi connectivity index (χ1v) is 7.63. The van der Waals surface area contributed by atoms with E-state index < -0.39 is 0 Å². The average molecular weight is 275 g/mol. The molecule has 0 saturated heterocycles. The fourth-order valence-electron chi connectivity index (χ4n) is 2.83. The van der Waals surface area contributed by atoms with Crippen LogP contribution in [0.25, 0.3) is 0 Å². The van der Waals surface area contributed by atoms with Crippen LogP contribution in [0.1, 0.15) is 44.1 Å². The van der Waals surface area contributed by atoms with Crippen molar-refractivity contribution in [3.05, 3.63) is 30.1 Å². The molecule has 1 fully saturated rings. The number of nitrogens with one attached hydrogen (secondary N) is 1. The lowest BCUT2D eigenvalue weighted by Crippen LogP contribution is -2.37. The summed E-state index contributed by atoms with van der Waals surface area (Å²) in [6, 6.07) is 3.88. The summed E-state index contributed by atoms with van der Waals surface area (Å²) in [6.07, 6.45) is 11.4. The van der Waals surface area contributed by atoms with Crippen molar-refractivity contribution in [3.63, 3.8) is 0 Å². The highest BCUT2D eigenvalue weighted by molar-refractivity contribution is 5.73. The van der Waals surface area contributed by atoms with Gasteiger partial charge in [-0.25, -0.2) is 4.79 Å². The largest absolute Gasteiger partial charge is 0.338 e. The summed E-state index contributed by atoms with van der Waals surface area (Å²) in [5.74, 6) is 0.814. The Balaban J connectivity index is 1.66. The number of hydrogen-bond acceptors (Lipinski definition) is 2. The minimum Gasteiger partial charge on any atom is -0.338 e. The van der Waals surface area contributed by atoms with E-state index in [-0.39, 0.29) is 6.03 Å². The van der Waals surface area contributed by atoms with E-state index in [1.807, 2.05) is 19.2 Å². The number of amides is 2. The van der Waals surface area contributed by atoms with Crippen LogP contribution in [-0.2, 0) is 6.54 Å². The molecular formula is C16H25N3O. The lowest BCUT2D eigenvalue weighted by Gasteiger charge is -2.22. The van der Waals surface area contributed by atoms with Crippen molar-refractivity contribution < 1.29 is 4.79 Å². The Morgan fingerprint density at radius 2 is 2.00 bits per heavy atom. The van der Waals surface area contributed by atoms with Crippen molar-refractivity contribution in [1.29, 1.82) is 0 Å². The Labute approximate surface area is 121 Å². The van der Waals surface area contributed by atoms with E-state index >= 15 is 0 Å². The molecule has 0 unspecified atom stereocenters. The Morgan fingerprint density at radius 3 is 2.70 bits per heavy atom. The lowest BCUT2D eigenvalue weighted by molar-refractivity contribution is 0.205. The number of nitrogens with zero attached hydrogens (tertiary/aromatic N) is 2. The van der Waals surface area contributed by atoms with Crippen LogP contribution in [-0.4, -0.2) is 29.5 Å². The van der Waals surface area contributed by atoms with Gasteiger partial charge < -0.3 is 10.2 Å². The smallest absolute Gasteiger partial charge is 0.317 e. The van der Waals surface area contributed by atoms with E-state index in [9.17, 15) is 4.79 Å². The molecule has 0 radical (unpaired) electrons. The first-order valence-electron chi connectivity index (χ1n) is 7.63. The van der Waals surface area contributed by atoms with E-state index in [1.54, 1.807) is 17.3 Å². The van der Waals surface area contributed by atoms with Gasteiger partial charge in [0.15, 0.2) is 0 Å². The molecule has 0 aliphatic heterocycles. The molecule has 1 heterocycles. The maximum absolute atomic E-state index is 12.0. The van der Waals surface area contributed by atoms with E-state index in [4.69, 9.17) is 0 Å². The van der Waals surface area contributed by atoms with Crippen LogP contribution in [0.3, 0.4) is 0 Å². The first kappa shape index (κ1) is 14.8. The van der Waals surface area contributed by atoms with Gasteiger partial charge in [-0.15, -0.1) is 0 Å². The third-order valence-electron chi connectivity index (χ3n) is 4.07. The number of rotatable bonds is 5. The fraction of sp³-hybridized carbons (Fsp3) is 0.625. The molecule has 20 heavy (non-hydrogen) atoms. The third-order valence-corrected chi connectivity index (χ3v) is 4.07. The van der Waals surface area contributed by atoms with Gasteiger partial charge in [0.25, 0.3) is 0 Å². The number of urea groups is 1. The molecule has 0 atom stereocenters. The predicted octanol–water partition coefficient (Wildman–Crippen LogP) is 3.19. The van der Waals surface area contributed by atoms with E-state index in [2.05, 4.69) is 10.3 Å². The molecule has 2 rings (SSSR count). The number of carbonyl (C=O) groups is 1. The van der Waals surface area contributed by atoms with Crippen molar-refractivity contribution in [3.8, 4) is 0 Å². The molecule has 0 spiro atoms. The first-order chi connectivity index (χ1) is 9.75. The normalized spacial score (nSPS) is 15.8. The van der Waals surface area contributed by atoms with Gasteiger partial charge in [-0.2, -0.15) is 0 Å². The molecule has 110 valence electrons. The maximum atomic E-state index is 12.0. The van der Waals surface area contributed by atoms with Crippen LogP contribution in [0.15, 0.2) is 24.5 Å². The number of aromatic nitrogens is 1. The second-order valence-electron chi connectivity index (χ2n) is 5.74. The van der Waals surface area contributed by atoms with E-state index in [0.29, 0.717) is 6.54 Å². The molecule has 1 aromatic rings. The highest BCUT2D eigenvalue weighted by Gasteiger charge is 2.14. The van der Waals surface area contributed by atoms with Crippen molar-refractivity contribution in [1.82, 2.24) is 15.2 Å². The quantitative estimate of drug-likeness (QED) is 0.897. The van der Waals surface area contributed by atoms with Crippen molar-refractivity contribution in [2.24, 2.45) is 5.92 Å². The zero-order chi connectivity index (χ0) is 14.2. The molecule has 1 N–H and O–H groups in total. The summed E-state index contributed by atoms with van der Waals surface area (Å²) >= 11 is 0. The van der Waals surface area contributed by atoms with Gasteiger partial charge in [0.05, 0.1) is 0 Å². The standard InChI is InChI=1S/C16H25N3O/c1-19(13-15-7-10-17-11-8-15)16(20)18-12-9-14-5-3-2-4-6-14/h7-8,10-11,14H,2-6,9,12-13H2,1H3,(H,18,20). The topological polar surface area (TPSA) is 45.2 Å². The Hall–Kier alpha value is -1.58. The highest BCUT2D eigenvalue weighted by Crippen LogP contribution is 2.25. The van der Waals surface area contributed by atoms with Crippen LogP contribution in [0.4, 0.5) is 4.79 Å². The van der Waals surface area contributed by atoms with Crippen molar-refractivity contribution in [2.75, 3.05) is 13.6 Å². The second-order valence-corrected chi connectivity index (χ2v) is 5.74. The maximum Gasteiger partial charge on any atom is 0.317 e. The number of hydrogen-bond donors (Lipinski definition) is 1. The van der Waals surface area contributed by atoms with Crippen LogP contribution < -0.4 is 5.32 Å². The fourth-order valence-corrected chi connectivity index (χ4v) is 2.83. The molecule has 1 aliphatic rings. The summed E-state index contributed by atoms with van der Waals surface area (Å²) in [7, 11) is 1.83. The minimum absolute atomic E-state index is 0.0117. The highest BCUT2D eigenvalue weighted by atomic mass is 16.2. The monoisotopic (exact) mass is 275 g/mol. The third kappa shape index (κ3) is 4.83. The Kier molecular flexibility index (Phi) is 5.84. The van der Waals surface area contributed by atoms with Gasteiger partial charge in [0, 0.05) is 32.5 Å². The zero-order valence-electron chi connectivity index (χ0n) is 12.3. The second kappa shape index (κ2) is 7.88. The molecule has 0 bridgehead atoms. The lowest BCUT2D eigenvalue weighted by atomic mass is 9.87. The summed E-state index contributed by atoms with van der Waals surface area (Å²) in [5, 5.41) is 3.02. The molecule has 0 aromatic carbocycles. The Bertz CT molecular complexity index is 401. The molecule has 4 heteroatoms. The van der Waals surface area contributed by atoms with Gasteiger partial charge in [0.1, 0.15) is 0 Å². The van der Waals surface area contributed by atoms with Crippen molar-refractivity contribution in [2.45, 2.75) is 45.1 Å². The van der Waals surface area contributed by atoms with Gasteiger partial charge in [0.2, 0.25) is 0 Å². The average Bonchev–Trinajstić information content (AvgIpc) is 2.49. The number of carbonyl (C=O) groups excluding carboxylic acids is 1. The predicted molar refractivity (Wildman–Crippen MR) is 80.3 cm³/mol. The summed E-state index contributed by atoms with van der Waals surface area (Å²) in [4.78, 5) is 17.7. The zero-order valence-corrected chi connectivity index (χ0v) is 12.3. The molecule has 2 amide bonds. The summed E-state index contributed by atoms with van der Waals surface area (Å²) in [5.41, 5.74) is 1.10. The van der Waals surface area contributed by atoms with Crippen LogP contribution >= 0.6 is 0 Å². The van der Waals surface area contributed by atoms with Crippen LogP contribution in [0.5, 0.6) is 0 Å². The minimum atomic E-state index is 0.0117. The van der Waals surface area contributed by atoms with Crippen molar-refractivity contribution >= 4 is 6.03 Å². The molecule has 1 saturated carbocycles. The molecule has 1 aromatic heterocycles. The van der Waals surface area contributed by atoms with Gasteiger partial charge in [-0.3, -0.25) is 4.98 Å². The van der Waals surface area contributed by atoms with Crippen LogP contribution in [0, 0.1) is 5.92 Å². The van der Waals surface area contributed by atoms with Gasteiger partial charge in [-0.05, 0) is 30.0 Å². The number of pyridine rings is 1. The Morgan fingerprint density at radius 1 is 1.30 bits per heavy atom. The molecular weight excluding hydrogens is 250 g/mol. The molecule has 1 aliphatic carbocycles.